The molecule has 6 nitrogen and oxygen atoms in total. The van der Waals surface area contributed by atoms with Gasteiger partial charge in [-0.3, -0.25) is 14.9 Å². The van der Waals surface area contributed by atoms with Crippen LogP contribution in [0.25, 0.3) is 0 Å². The predicted molar refractivity (Wildman–Crippen MR) is 90.0 cm³/mol. The van der Waals surface area contributed by atoms with Gasteiger partial charge in [-0.2, -0.15) is 13.2 Å². The van der Waals surface area contributed by atoms with E-state index < -0.39 is 22.6 Å². The van der Waals surface area contributed by atoms with Gasteiger partial charge >= 0.3 is 6.18 Å². The largest absolute Gasteiger partial charge is 0.416 e. The van der Waals surface area contributed by atoms with Crippen molar-refractivity contribution < 1.29 is 22.9 Å². The van der Waals surface area contributed by atoms with Crippen LogP contribution < -0.4 is 10.2 Å². The van der Waals surface area contributed by atoms with Crippen molar-refractivity contribution in [3.8, 4) is 0 Å². The second-order valence-corrected chi connectivity index (χ2v) is 5.55. The number of anilines is 1. The predicted octanol–water partition coefficient (Wildman–Crippen LogP) is 3.61. The number of nitro benzene ring substituents is 1. The molecule has 2 aromatic rings. The summed E-state index contributed by atoms with van der Waals surface area (Å²) in [6.07, 6.45) is -4.50. The van der Waals surface area contributed by atoms with Crippen LogP contribution >= 0.6 is 0 Å². The molecule has 0 bridgehead atoms. The molecule has 0 aliphatic heterocycles. The topological polar surface area (TPSA) is 75.5 Å². The molecule has 2 aromatic carbocycles. The summed E-state index contributed by atoms with van der Waals surface area (Å²) in [5.41, 5.74) is -0.726. The van der Waals surface area contributed by atoms with E-state index in [2.05, 4.69) is 5.32 Å². The molecule has 0 aliphatic carbocycles. The van der Waals surface area contributed by atoms with Crippen molar-refractivity contribution in [2.45, 2.75) is 12.7 Å². The van der Waals surface area contributed by atoms with Gasteiger partial charge in [-0.1, -0.05) is 18.2 Å². The van der Waals surface area contributed by atoms with Crippen LogP contribution in [0.5, 0.6) is 0 Å². The number of carbonyl (C=O) groups excluding carboxylic acids is 1. The monoisotopic (exact) mass is 367 g/mol. The third kappa shape index (κ3) is 4.11. The summed E-state index contributed by atoms with van der Waals surface area (Å²) in [6.45, 7) is -0.127. The maximum absolute atomic E-state index is 13.1. The number of nitrogens with zero attached hydrogens (tertiary/aromatic N) is 2. The molecule has 9 heteroatoms. The molecule has 0 radical (unpaired) electrons. The third-order valence-corrected chi connectivity index (χ3v) is 3.80. The first-order valence-electron chi connectivity index (χ1n) is 7.52. The molecule has 0 atom stereocenters. The van der Waals surface area contributed by atoms with E-state index in [0.717, 1.165) is 12.1 Å². The Morgan fingerprint density at radius 2 is 1.88 bits per heavy atom. The molecule has 0 saturated heterocycles. The maximum atomic E-state index is 13.1. The number of nitro groups is 1. The molecular weight excluding hydrogens is 351 g/mol. The fraction of sp³-hybridized carbons (Fsp3) is 0.235. The first-order chi connectivity index (χ1) is 12.1. The molecule has 0 heterocycles. The Morgan fingerprint density at radius 1 is 1.23 bits per heavy atom. The van der Waals surface area contributed by atoms with E-state index in [1.165, 1.54) is 49.3 Å². The minimum atomic E-state index is -4.50. The van der Waals surface area contributed by atoms with Gasteiger partial charge in [0.15, 0.2) is 0 Å². The van der Waals surface area contributed by atoms with Crippen molar-refractivity contribution in [1.82, 2.24) is 5.32 Å². The Kier molecular flexibility index (Phi) is 5.49. The zero-order valence-corrected chi connectivity index (χ0v) is 14.0. The average Bonchev–Trinajstić information content (AvgIpc) is 2.59. The number of nitrogens with one attached hydrogen (secondary N) is 1. The average molecular weight is 367 g/mol. The molecule has 0 unspecified atom stereocenters. The maximum Gasteiger partial charge on any atom is 0.416 e. The lowest BCUT2D eigenvalue weighted by molar-refractivity contribution is -0.384. The van der Waals surface area contributed by atoms with Crippen LogP contribution in [0.15, 0.2) is 42.5 Å². The summed E-state index contributed by atoms with van der Waals surface area (Å²) in [5, 5.41) is 13.3. The van der Waals surface area contributed by atoms with Crippen LogP contribution in [-0.4, -0.2) is 24.9 Å². The number of benzene rings is 2. The van der Waals surface area contributed by atoms with Crippen molar-refractivity contribution in [3.63, 3.8) is 0 Å². The Labute approximate surface area is 147 Å². The molecule has 0 saturated carbocycles. The highest BCUT2D eigenvalue weighted by Gasteiger charge is 2.33. The van der Waals surface area contributed by atoms with Gasteiger partial charge in [-0.25, -0.2) is 0 Å². The summed E-state index contributed by atoms with van der Waals surface area (Å²) in [5.74, 6) is -0.570. The Bertz CT molecular complexity index is 837. The van der Waals surface area contributed by atoms with Crippen LogP contribution in [0.1, 0.15) is 21.5 Å². The van der Waals surface area contributed by atoms with Crippen molar-refractivity contribution in [3.05, 3.63) is 69.3 Å². The van der Waals surface area contributed by atoms with Crippen LogP contribution in [0.4, 0.5) is 24.5 Å². The Balaban J connectivity index is 2.43. The van der Waals surface area contributed by atoms with E-state index >= 15 is 0 Å². The fourth-order valence-electron chi connectivity index (χ4n) is 2.56. The van der Waals surface area contributed by atoms with Crippen molar-refractivity contribution in [2.24, 2.45) is 0 Å². The summed E-state index contributed by atoms with van der Waals surface area (Å²) in [6, 6.07) is 8.78. The molecule has 2 rings (SSSR count). The molecular formula is C17H16F3N3O3. The lowest BCUT2D eigenvalue weighted by atomic mass is 10.1. The molecule has 1 N–H and O–H groups in total. The standard InChI is InChI=1S/C17H16F3N3O3/c1-21-16(24)13-9-12(23(25)26)7-8-15(13)22(2)10-11-5-3-4-6-14(11)17(18,19)20/h3-9H,10H2,1-2H3,(H,21,24). The molecule has 0 fully saturated rings. The van der Waals surface area contributed by atoms with Gasteiger partial charge in [0.2, 0.25) is 0 Å². The first kappa shape index (κ1) is 19.2. The van der Waals surface area contributed by atoms with Crippen LogP contribution in [-0.2, 0) is 12.7 Å². The van der Waals surface area contributed by atoms with E-state index in [1.54, 1.807) is 0 Å². The third-order valence-electron chi connectivity index (χ3n) is 3.80. The zero-order valence-electron chi connectivity index (χ0n) is 14.0. The molecule has 0 spiro atoms. The zero-order chi connectivity index (χ0) is 19.5. The summed E-state index contributed by atoms with van der Waals surface area (Å²) >= 11 is 0. The van der Waals surface area contributed by atoms with Gasteiger partial charge in [0.1, 0.15) is 0 Å². The molecule has 26 heavy (non-hydrogen) atoms. The minimum Gasteiger partial charge on any atom is -0.370 e. The highest BCUT2D eigenvalue weighted by atomic mass is 19.4. The number of non-ortho nitro benzene ring substituents is 1. The van der Waals surface area contributed by atoms with Crippen molar-refractivity contribution >= 4 is 17.3 Å². The quantitative estimate of drug-likeness (QED) is 0.647. The van der Waals surface area contributed by atoms with E-state index in [1.807, 2.05) is 0 Å². The summed E-state index contributed by atoms with van der Waals surface area (Å²) in [7, 11) is 2.88. The highest BCUT2D eigenvalue weighted by molar-refractivity contribution is 6.00. The number of alkyl halides is 3. The number of carbonyl (C=O) groups is 1. The number of halogens is 3. The number of hydrogen-bond donors (Lipinski definition) is 1. The first-order valence-corrected chi connectivity index (χ1v) is 7.52. The Morgan fingerprint density at radius 3 is 2.46 bits per heavy atom. The second kappa shape index (κ2) is 7.42. The normalized spacial score (nSPS) is 11.1. The molecule has 1 amide bonds. The number of rotatable bonds is 5. The fourth-order valence-corrected chi connectivity index (χ4v) is 2.56. The highest BCUT2D eigenvalue weighted by Crippen LogP contribution is 2.33. The molecule has 0 aromatic heterocycles. The van der Waals surface area contributed by atoms with Gasteiger partial charge in [0, 0.05) is 32.8 Å². The van der Waals surface area contributed by atoms with Gasteiger partial charge in [-0.05, 0) is 17.7 Å². The summed E-state index contributed by atoms with van der Waals surface area (Å²) in [4.78, 5) is 23.8. The minimum absolute atomic E-state index is 0.00805. The second-order valence-electron chi connectivity index (χ2n) is 5.55. The SMILES string of the molecule is CNC(=O)c1cc([N+](=O)[O-])ccc1N(C)Cc1ccccc1C(F)(F)F. The van der Waals surface area contributed by atoms with Crippen LogP contribution in [0.2, 0.25) is 0 Å². The van der Waals surface area contributed by atoms with E-state index in [9.17, 15) is 28.1 Å². The van der Waals surface area contributed by atoms with E-state index in [-0.39, 0.29) is 29.0 Å². The van der Waals surface area contributed by atoms with E-state index in [4.69, 9.17) is 0 Å². The van der Waals surface area contributed by atoms with Gasteiger partial charge in [0.25, 0.3) is 11.6 Å². The number of hydrogen-bond acceptors (Lipinski definition) is 4. The van der Waals surface area contributed by atoms with Crippen molar-refractivity contribution in [2.75, 3.05) is 19.0 Å². The molecule has 138 valence electrons. The van der Waals surface area contributed by atoms with Crippen LogP contribution in [0.3, 0.4) is 0 Å². The van der Waals surface area contributed by atoms with Gasteiger partial charge in [0.05, 0.1) is 21.7 Å². The lowest BCUT2D eigenvalue weighted by Gasteiger charge is -2.23. The molecule has 0 aliphatic rings. The van der Waals surface area contributed by atoms with Gasteiger partial charge in [-0.15, -0.1) is 0 Å². The van der Waals surface area contributed by atoms with Gasteiger partial charge < -0.3 is 10.2 Å². The van der Waals surface area contributed by atoms with E-state index in [0.29, 0.717) is 0 Å². The lowest BCUT2D eigenvalue weighted by Crippen LogP contribution is -2.25. The number of amides is 1. The summed E-state index contributed by atoms with van der Waals surface area (Å²) < 4.78 is 39.4. The van der Waals surface area contributed by atoms with Crippen molar-refractivity contribution in [1.29, 1.82) is 0 Å². The Hall–Kier alpha value is -3.10. The van der Waals surface area contributed by atoms with Crippen LogP contribution in [0, 0.1) is 10.1 Å². The smallest absolute Gasteiger partial charge is 0.370 e.